The van der Waals surface area contributed by atoms with E-state index >= 15 is 0 Å². The third kappa shape index (κ3) is 4.07. The van der Waals surface area contributed by atoms with Crippen LogP contribution in [0, 0.1) is 5.92 Å². The molecule has 6 nitrogen and oxygen atoms in total. The number of nitrogens with zero attached hydrogens (tertiary/aromatic N) is 2. The van der Waals surface area contributed by atoms with Gasteiger partial charge in [0.25, 0.3) is 5.91 Å². The monoisotopic (exact) mass is 360 g/mol. The van der Waals surface area contributed by atoms with Crippen molar-refractivity contribution in [1.82, 2.24) is 4.90 Å². The molecule has 1 aliphatic heterocycles. The van der Waals surface area contributed by atoms with Gasteiger partial charge in [-0.2, -0.15) is 0 Å². The zero-order chi connectivity index (χ0) is 19.4. The van der Waals surface area contributed by atoms with E-state index < -0.39 is 17.7 Å². The molecule has 1 aromatic rings. The molecular formula is C20H28N2O4. The molecule has 0 aromatic heterocycles. The van der Waals surface area contributed by atoms with Crippen molar-refractivity contribution in [1.29, 1.82) is 0 Å². The molecule has 0 saturated heterocycles. The third-order valence-electron chi connectivity index (χ3n) is 4.46. The fourth-order valence-electron chi connectivity index (χ4n) is 3.14. The molecule has 0 spiro atoms. The van der Waals surface area contributed by atoms with Crippen molar-refractivity contribution in [3.05, 3.63) is 41.2 Å². The molecule has 6 heteroatoms. The lowest BCUT2D eigenvalue weighted by Gasteiger charge is -2.27. The van der Waals surface area contributed by atoms with E-state index in [0.717, 1.165) is 11.3 Å². The normalized spacial score (nSPS) is 17.4. The molecule has 1 heterocycles. The lowest BCUT2D eigenvalue weighted by molar-refractivity contribution is -0.130. The van der Waals surface area contributed by atoms with E-state index in [0.29, 0.717) is 13.2 Å². The Morgan fingerprint density at radius 3 is 2.38 bits per heavy atom. The highest BCUT2D eigenvalue weighted by Crippen LogP contribution is 2.38. The van der Waals surface area contributed by atoms with Crippen LogP contribution in [0.3, 0.4) is 0 Å². The molecule has 1 unspecified atom stereocenters. The number of benzene rings is 1. The van der Waals surface area contributed by atoms with Gasteiger partial charge in [-0.3, -0.25) is 9.59 Å². The van der Waals surface area contributed by atoms with Gasteiger partial charge in [-0.25, -0.2) is 0 Å². The molecule has 1 amide bonds. The maximum absolute atomic E-state index is 12.8. The van der Waals surface area contributed by atoms with E-state index in [1.165, 1.54) is 4.90 Å². The number of ketones is 1. The Bertz CT molecular complexity index is 692. The smallest absolute Gasteiger partial charge is 0.290 e. The lowest BCUT2D eigenvalue weighted by atomic mass is 9.92. The van der Waals surface area contributed by atoms with E-state index in [2.05, 4.69) is 0 Å². The zero-order valence-electron chi connectivity index (χ0n) is 16.2. The Kier molecular flexibility index (Phi) is 6.42. The molecular weight excluding hydrogens is 332 g/mol. The van der Waals surface area contributed by atoms with Crippen LogP contribution < -0.4 is 4.90 Å². The Balaban J connectivity index is 2.45. The minimum Gasteiger partial charge on any atom is -0.503 e. The van der Waals surface area contributed by atoms with E-state index in [1.54, 1.807) is 7.11 Å². The van der Waals surface area contributed by atoms with Gasteiger partial charge >= 0.3 is 0 Å². The van der Waals surface area contributed by atoms with Crippen LogP contribution in [0.5, 0.6) is 0 Å². The van der Waals surface area contributed by atoms with Crippen LogP contribution in [0.15, 0.2) is 35.6 Å². The number of anilines is 1. The van der Waals surface area contributed by atoms with Crippen molar-refractivity contribution in [3.63, 3.8) is 0 Å². The Morgan fingerprint density at radius 2 is 1.88 bits per heavy atom. The van der Waals surface area contributed by atoms with Crippen molar-refractivity contribution in [3.8, 4) is 0 Å². The highest BCUT2D eigenvalue weighted by molar-refractivity contribution is 6.09. The quantitative estimate of drug-likeness (QED) is 0.772. The Labute approximate surface area is 155 Å². The van der Waals surface area contributed by atoms with Crippen LogP contribution in [-0.2, 0) is 14.3 Å². The van der Waals surface area contributed by atoms with Gasteiger partial charge in [0.2, 0.25) is 0 Å². The number of aliphatic hydroxyl groups is 1. The van der Waals surface area contributed by atoms with Gasteiger partial charge in [0, 0.05) is 39.9 Å². The van der Waals surface area contributed by atoms with E-state index in [9.17, 15) is 14.7 Å². The van der Waals surface area contributed by atoms with Gasteiger partial charge in [0.15, 0.2) is 11.5 Å². The average Bonchev–Trinajstić information content (AvgIpc) is 2.84. The topological polar surface area (TPSA) is 70.1 Å². The molecule has 0 aliphatic carbocycles. The molecule has 1 aromatic carbocycles. The first-order chi connectivity index (χ1) is 12.3. The highest BCUT2D eigenvalue weighted by atomic mass is 16.5. The highest BCUT2D eigenvalue weighted by Gasteiger charge is 2.43. The Hall–Kier alpha value is -2.34. The summed E-state index contributed by atoms with van der Waals surface area (Å²) < 4.78 is 5.10. The summed E-state index contributed by atoms with van der Waals surface area (Å²) in [5, 5.41) is 10.4. The number of ether oxygens (including phenoxy) is 1. The molecule has 2 rings (SSSR count). The van der Waals surface area contributed by atoms with Crippen molar-refractivity contribution >= 4 is 17.4 Å². The standard InChI is InChI=1S/C20H28N2O4/c1-13(2)12-16(23)17-18(14-6-8-15(9-7-14)21(3)4)22(10-11-26-5)20(25)19(17)24/h6-9,13,18,24H,10-12H2,1-5H3. The molecule has 1 aliphatic rings. The average molecular weight is 360 g/mol. The fraction of sp³-hybridized carbons (Fsp3) is 0.500. The molecule has 0 radical (unpaired) electrons. The number of aliphatic hydroxyl groups excluding tert-OH is 1. The molecule has 0 fully saturated rings. The molecule has 0 saturated carbocycles. The van der Waals surface area contributed by atoms with E-state index in [-0.39, 0.29) is 23.7 Å². The molecule has 142 valence electrons. The zero-order valence-corrected chi connectivity index (χ0v) is 16.2. The van der Waals surface area contributed by atoms with Crippen molar-refractivity contribution in [2.24, 2.45) is 5.92 Å². The molecule has 0 bridgehead atoms. The maximum atomic E-state index is 12.8. The number of hydrogen-bond acceptors (Lipinski definition) is 5. The van der Waals surface area contributed by atoms with Crippen molar-refractivity contribution < 1.29 is 19.4 Å². The number of carbonyl (C=O) groups is 2. The van der Waals surface area contributed by atoms with Crippen molar-refractivity contribution in [2.75, 3.05) is 39.3 Å². The summed E-state index contributed by atoms with van der Waals surface area (Å²) in [4.78, 5) is 28.8. The first kappa shape index (κ1) is 20.0. The summed E-state index contributed by atoms with van der Waals surface area (Å²) in [7, 11) is 5.45. The van der Waals surface area contributed by atoms with E-state index in [1.807, 2.05) is 57.1 Å². The summed E-state index contributed by atoms with van der Waals surface area (Å²) in [5.41, 5.74) is 2.01. The van der Waals surface area contributed by atoms with Crippen LogP contribution in [0.1, 0.15) is 31.9 Å². The number of methoxy groups -OCH3 is 1. The number of amides is 1. The van der Waals surface area contributed by atoms with Gasteiger partial charge in [-0.1, -0.05) is 26.0 Å². The first-order valence-corrected chi connectivity index (χ1v) is 8.81. The van der Waals surface area contributed by atoms with Crippen LogP contribution in [0.2, 0.25) is 0 Å². The molecule has 26 heavy (non-hydrogen) atoms. The maximum Gasteiger partial charge on any atom is 0.290 e. The number of hydrogen-bond donors (Lipinski definition) is 1. The summed E-state index contributed by atoms with van der Waals surface area (Å²) in [5.74, 6) is -1.00. The largest absolute Gasteiger partial charge is 0.503 e. The minimum atomic E-state index is -0.583. The van der Waals surface area contributed by atoms with Gasteiger partial charge < -0.3 is 19.6 Å². The summed E-state index contributed by atoms with van der Waals surface area (Å²) >= 11 is 0. The van der Waals surface area contributed by atoms with Crippen LogP contribution in [-0.4, -0.2) is 56.1 Å². The van der Waals surface area contributed by atoms with E-state index in [4.69, 9.17) is 4.74 Å². The summed E-state index contributed by atoms with van der Waals surface area (Å²) in [6, 6.07) is 7.09. The molecule has 1 N–H and O–H groups in total. The van der Waals surface area contributed by atoms with Gasteiger partial charge in [-0.05, 0) is 23.6 Å². The summed E-state index contributed by atoms with van der Waals surface area (Å²) in [6.07, 6.45) is 0.289. The second-order valence-corrected chi connectivity index (χ2v) is 7.16. The van der Waals surface area contributed by atoms with Gasteiger partial charge in [-0.15, -0.1) is 0 Å². The van der Waals surface area contributed by atoms with Gasteiger partial charge in [0.1, 0.15) is 0 Å². The van der Waals surface area contributed by atoms with Gasteiger partial charge in [0.05, 0.1) is 18.2 Å². The summed E-state index contributed by atoms with van der Waals surface area (Å²) in [6.45, 7) is 4.51. The fourth-order valence-corrected chi connectivity index (χ4v) is 3.14. The number of Topliss-reactive ketones (excluding diaryl/α,β-unsaturated/α-hetero) is 1. The Morgan fingerprint density at radius 1 is 1.27 bits per heavy atom. The molecule has 1 atom stereocenters. The van der Waals surface area contributed by atoms with Crippen molar-refractivity contribution in [2.45, 2.75) is 26.3 Å². The van der Waals surface area contributed by atoms with Crippen LogP contribution >= 0.6 is 0 Å². The predicted octanol–water partition coefficient (Wildman–Crippen LogP) is 2.71. The second kappa shape index (κ2) is 8.36. The third-order valence-corrected chi connectivity index (χ3v) is 4.46. The predicted molar refractivity (Wildman–Crippen MR) is 101 cm³/mol. The van der Waals surface area contributed by atoms with Crippen LogP contribution in [0.25, 0.3) is 0 Å². The number of carbonyl (C=O) groups excluding carboxylic acids is 2. The minimum absolute atomic E-state index is 0.141. The lowest BCUT2D eigenvalue weighted by Crippen LogP contribution is -2.34. The first-order valence-electron chi connectivity index (χ1n) is 8.81. The number of rotatable bonds is 8. The second-order valence-electron chi connectivity index (χ2n) is 7.16. The SMILES string of the molecule is COCCN1C(=O)C(O)=C(C(=O)CC(C)C)C1c1ccc(N(C)C)cc1. The van der Waals surface area contributed by atoms with Crippen LogP contribution in [0.4, 0.5) is 5.69 Å².